The summed E-state index contributed by atoms with van der Waals surface area (Å²) in [7, 11) is 0. The molecule has 0 atom stereocenters. The number of hydrogen-bond donors (Lipinski definition) is 2. The first kappa shape index (κ1) is 24.2. The molecule has 1 aliphatic heterocycles. The van der Waals surface area contributed by atoms with Crippen LogP contribution in [0.3, 0.4) is 0 Å². The van der Waals surface area contributed by atoms with Gasteiger partial charge in [0.15, 0.2) is 5.13 Å². The molecule has 1 fully saturated rings. The average molecular weight is 465 g/mol. The van der Waals surface area contributed by atoms with Crippen LogP contribution in [0.1, 0.15) is 40.0 Å². The third-order valence-corrected chi connectivity index (χ3v) is 6.33. The highest BCUT2D eigenvalue weighted by Gasteiger charge is 2.40. The number of hydrogen-bond acceptors (Lipinski definition) is 5. The highest BCUT2D eigenvalue weighted by molar-refractivity contribution is 7.13. The van der Waals surface area contributed by atoms with Crippen molar-refractivity contribution in [1.82, 2.24) is 9.88 Å². The summed E-state index contributed by atoms with van der Waals surface area (Å²) in [5.74, 6) is 0.0646. The first-order valence-electron chi connectivity index (χ1n) is 9.48. The zero-order valence-electron chi connectivity index (χ0n) is 16.5. The minimum atomic E-state index is -0.203. The number of nitrogen functional groups attached to an aromatic ring is 1. The topological polar surface area (TPSA) is 85.2 Å². The molecule has 160 valence electrons. The van der Waals surface area contributed by atoms with Crippen molar-refractivity contribution in [2.45, 2.75) is 24.8 Å². The molecule has 3 aromatic rings. The minimum absolute atomic E-state index is 0. The van der Waals surface area contributed by atoms with Gasteiger partial charge < -0.3 is 16.4 Å². The van der Waals surface area contributed by atoms with Crippen LogP contribution >= 0.6 is 36.2 Å². The molecule has 4 rings (SSSR count). The fraction of sp³-hybridized carbons (Fsp3) is 0.273. The summed E-state index contributed by atoms with van der Waals surface area (Å²) in [6.45, 7) is 1.79. The number of piperidine rings is 1. The van der Waals surface area contributed by atoms with E-state index in [2.05, 4.69) is 34.6 Å². The number of aromatic nitrogens is 1. The number of nitrogens with zero attached hydrogens (tertiary/aromatic N) is 2. The maximum atomic E-state index is 13.0. The van der Waals surface area contributed by atoms with Gasteiger partial charge in [-0.1, -0.05) is 42.5 Å². The van der Waals surface area contributed by atoms with Crippen LogP contribution in [0.25, 0.3) is 0 Å². The molecule has 1 aromatic heterocycles. The third-order valence-electron chi connectivity index (χ3n) is 5.65. The molecule has 0 bridgehead atoms. The Morgan fingerprint density at radius 3 is 2.37 bits per heavy atom. The summed E-state index contributed by atoms with van der Waals surface area (Å²) in [4.78, 5) is 19.6. The van der Waals surface area contributed by atoms with Crippen LogP contribution in [0.15, 0.2) is 60.0 Å². The largest absolute Gasteiger partial charge is 0.375 e. The van der Waals surface area contributed by atoms with Crippen LogP contribution < -0.4 is 11.5 Å². The number of nitrogens with two attached hydrogens (primary N) is 2. The van der Waals surface area contributed by atoms with Crippen molar-refractivity contribution in [3.05, 3.63) is 82.4 Å². The zero-order valence-corrected chi connectivity index (χ0v) is 18.9. The van der Waals surface area contributed by atoms with E-state index >= 15 is 0 Å². The quantitative estimate of drug-likeness (QED) is 0.603. The van der Waals surface area contributed by atoms with Crippen molar-refractivity contribution < 1.29 is 4.79 Å². The molecule has 1 aliphatic rings. The fourth-order valence-electron chi connectivity index (χ4n) is 4.06. The standard InChI is InChI=1S/C22H24N4OS.2ClH/c23-14-16-5-4-6-17(13-16)20(27)26-11-9-22(10-12-26,18-7-2-1-3-8-18)19-15-28-21(24)25-19;;/h1-8,13,15H,9-12,14,23H2,(H2,24,25);2*1H. The summed E-state index contributed by atoms with van der Waals surface area (Å²) < 4.78 is 0. The molecule has 0 radical (unpaired) electrons. The number of anilines is 1. The van der Waals surface area contributed by atoms with Gasteiger partial charge in [-0.25, -0.2) is 4.98 Å². The van der Waals surface area contributed by atoms with Crippen LogP contribution in [0.5, 0.6) is 0 Å². The fourth-order valence-corrected chi connectivity index (χ4v) is 4.72. The van der Waals surface area contributed by atoms with E-state index < -0.39 is 0 Å². The molecule has 1 saturated heterocycles. The van der Waals surface area contributed by atoms with Gasteiger partial charge in [0.1, 0.15) is 0 Å². The summed E-state index contributed by atoms with van der Waals surface area (Å²) in [5.41, 5.74) is 15.4. The maximum absolute atomic E-state index is 13.0. The molecule has 8 heteroatoms. The van der Waals surface area contributed by atoms with Gasteiger partial charge in [0, 0.05) is 36.0 Å². The lowest BCUT2D eigenvalue weighted by Gasteiger charge is -2.41. The number of carbonyl (C=O) groups excluding carboxylic acids is 1. The summed E-state index contributed by atoms with van der Waals surface area (Å²) >= 11 is 1.47. The maximum Gasteiger partial charge on any atom is 0.253 e. The SMILES string of the molecule is Cl.Cl.NCc1cccc(C(=O)N2CCC(c3ccccc3)(c3csc(N)n3)CC2)c1. The summed E-state index contributed by atoms with van der Waals surface area (Å²) in [6.07, 6.45) is 1.64. The summed E-state index contributed by atoms with van der Waals surface area (Å²) in [5, 5.41) is 2.65. The summed E-state index contributed by atoms with van der Waals surface area (Å²) in [6, 6.07) is 18.0. The van der Waals surface area contributed by atoms with Gasteiger partial charge in [0.05, 0.1) is 5.69 Å². The monoisotopic (exact) mass is 464 g/mol. The first-order chi connectivity index (χ1) is 13.6. The number of rotatable bonds is 4. The molecule has 2 aromatic carbocycles. The highest BCUT2D eigenvalue weighted by atomic mass is 35.5. The first-order valence-corrected chi connectivity index (χ1v) is 10.4. The van der Waals surface area contributed by atoms with Gasteiger partial charge in [-0.2, -0.15) is 0 Å². The number of amides is 1. The number of likely N-dealkylation sites (tertiary alicyclic amines) is 1. The molecule has 1 amide bonds. The van der Waals surface area contributed by atoms with E-state index in [9.17, 15) is 4.79 Å². The number of thiazole rings is 1. The van der Waals surface area contributed by atoms with Crippen molar-refractivity contribution in [2.75, 3.05) is 18.8 Å². The number of halogens is 2. The Hall–Kier alpha value is -2.12. The highest BCUT2D eigenvalue weighted by Crippen LogP contribution is 2.42. The average Bonchev–Trinajstić information content (AvgIpc) is 3.21. The molecular weight excluding hydrogens is 439 g/mol. The van der Waals surface area contributed by atoms with E-state index in [1.807, 2.05) is 35.2 Å². The van der Waals surface area contributed by atoms with E-state index in [0.717, 1.165) is 24.1 Å². The van der Waals surface area contributed by atoms with E-state index in [4.69, 9.17) is 11.5 Å². The molecule has 0 unspecified atom stereocenters. The second-order valence-electron chi connectivity index (χ2n) is 7.22. The van der Waals surface area contributed by atoms with Crippen LogP contribution in [0.2, 0.25) is 0 Å². The van der Waals surface area contributed by atoms with Gasteiger partial charge in [0.2, 0.25) is 0 Å². The third kappa shape index (κ3) is 4.62. The normalized spacial score (nSPS) is 15.0. The lowest BCUT2D eigenvalue weighted by atomic mass is 9.70. The molecule has 5 nitrogen and oxygen atoms in total. The van der Waals surface area contributed by atoms with Crippen molar-refractivity contribution in [2.24, 2.45) is 5.73 Å². The van der Waals surface area contributed by atoms with Crippen LogP contribution in [0.4, 0.5) is 5.13 Å². The van der Waals surface area contributed by atoms with Gasteiger partial charge in [-0.3, -0.25) is 4.79 Å². The Morgan fingerprint density at radius 1 is 1.07 bits per heavy atom. The Labute approximate surface area is 193 Å². The smallest absolute Gasteiger partial charge is 0.253 e. The van der Waals surface area contributed by atoms with Crippen molar-refractivity contribution >= 4 is 47.2 Å². The molecule has 30 heavy (non-hydrogen) atoms. The molecule has 0 spiro atoms. The van der Waals surface area contributed by atoms with Gasteiger partial charge in [-0.15, -0.1) is 36.2 Å². The van der Waals surface area contributed by atoms with Crippen LogP contribution in [0, 0.1) is 0 Å². The molecule has 4 N–H and O–H groups in total. The van der Waals surface area contributed by atoms with Crippen molar-refractivity contribution in [3.63, 3.8) is 0 Å². The lowest BCUT2D eigenvalue weighted by Crippen LogP contribution is -2.46. The Kier molecular flexibility index (Phi) is 8.26. The van der Waals surface area contributed by atoms with Crippen LogP contribution in [-0.2, 0) is 12.0 Å². The Morgan fingerprint density at radius 2 is 1.77 bits per heavy atom. The minimum Gasteiger partial charge on any atom is -0.375 e. The van der Waals surface area contributed by atoms with E-state index in [-0.39, 0.29) is 36.1 Å². The zero-order chi connectivity index (χ0) is 19.6. The second kappa shape index (κ2) is 10.3. The van der Waals surface area contributed by atoms with E-state index in [1.165, 1.54) is 16.9 Å². The van der Waals surface area contributed by atoms with Crippen molar-refractivity contribution in [3.8, 4) is 0 Å². The Bertz CT molecular complexity index is 972. The van der Waals surface area contributed by atoms with Crippen LogP contribution in [-0.4, -0.2) is 28.9 Å². The molecule has 0 aliphatic carbocycles. The van der Waals surface area contributed by atoms with Gasteiger partial charge >= 0.3 is 0 Å². The number of carbonyl (C=O) groups is 1. The van der Waals surface area contributed by atoms with E-state index in [0.29, 0.717) is 30.3 Å². The van der Waals surface area contributed by atoms with Crippen molar-refractivity contribution in [1.29, 1.82) is 0 Å². The predicted octanol–water partition coefficient (Wildman–Crippen LogP) is 4.25. The molecular formula is C22H26Cl2N4OS. The Balaban J connectivity index is 0.00000160. The second-order valence-corrected chi connectivity index (χ2v) is 8.11. The molecule has 2 heterocycles. The van der Waals surface area contributed by atoms with Gasteiger partial charge in [-0.05, 0) is 36.1 Å². The predicted molar refractivity (Wildman–Crippen MR) is 128 cm³/mol. The van der Waals surface area contributed by atoms with E-state index in [1.54, 1.807) is 0 Å². The number of benzene rings is 2. The molecule has 0 saturated carbocycles. The lowest BCUT2D eigenvalue weighted by molar-refractivity contribution is 0.0684. The van der Waals surface area contributed by atoms with Gasteiger partial charge in [0.25, 0.3) is 5.91 Å².